The molecule has 0 saturated heterocycles. The molecule has 1 amide bonds. The molecule has 0 unspecified atom stereocenters. The van der Waals surface area contributed by atoms with E-state index in [1.165, 1.54) is 16.9 Å². The molecule has 2 aromatic heterocycles. The molecule has 2 heterocycles. The molecule has 0 spiro atoms. The quantitative estimate of drug-likeness (QED) is 0.623. The van der Waals surface area contributed by atoms with E-state index in [1.54, 1.807) is 13.1 Å². The van der Waals surface area contributed by atoms with Gasteiger partial charge in [0.05, 0.1) is 11.4 Å². The number of aryl methyl sites for hydroxylation is 1. The Labute approximate surface area is 174 Å². The molecule has 0 radical (unpaired) electrons. The Morgan fingerprint density at radius 1 is 1.10 bits per heavy atom. The van der Waals surface area contributed by atoms with E-state index in [1.807, 2.05) is 42.5 Å². The standard InChI is InChI=1S/C22H23N3O3S/c1-14-19(29-20(24-14)17-7-5-6-12-23-17)21(27)28-13-18(26)25-16-10-8-15(9-11-16)22(2,3)4/h5-12H,13H2,1-4H3,(H,25,26). The van der Waals surface area contributed by atoms with Crippen LogP contribution < -0.4 is 5.32 Å². The number of carbonyl (C=O) groups excluding carboxylic acids is 2. The van der Waals surface area contributed by atoms with Crippen LogP contribution >= 0.6 is 11.3 Å². The topological polar surface area (TPSA) is 81.2 Å². The van der Waals surface area contributed by atoms with Crippen molar-refractivity contribution in [3.63, 3.8) is 0 Å². The smallest absolute Gasteiger partial charge is 0.350 e. The van der Waals surface area contributed by atoms with E-state index in [2.05, 4.69) is 36.1 Å². The Bertz CT molecular complexity index is 1010. The van der Waals surface area contributed by atoms with Crippen LogP contribution in [0.25, 0.3) is 10.7 Å². The fourth-order valence-corrected chi connectivity index (χ4v) is 3.57. The fourth-order valence-electron chi connectivity index (χ4n) is 2.63. The van der Waals surface area contributed by atoms with Gasteiger partial charge in [-0.05, 0) is 42.2 Å². The van der Waals surface area contributed by atoms with Gasteiger partial charge >= 0.3 is 5.97 Å². The van der Waals surface area contributed by atoms with Crippen molar-refractivity contribution in [2.75, 3.05) is 11.9 Å². The Hall–Kier alpha value is -3.06. The lowest BCUT2D eigenvalue weighted by Gasteiger charge is -2.19. The van der Waals surface area contributed by atoms with Gasteiger partial charge in [-0.25, -0.2) is 9.78 Å². The van der Waals surface area contributed by atoms with Gasteiger partial charge in [-0.15, -0.1) is 11.3 Å². The van der Waals surface area contributed by atoms with Gasteiger partial charge in [-0.1, -0.05) is 39.0 Å². The first-order chi connectivity index (χ1) is 13.7. The molecule has 0 saturated carbocycles. The predicted molar refractivity (Wildman–Crippen MR) is 114 cm³/mol. The summed E-state index contributed by atoms with van der Waals surface area (Å²) < 4.78 is 5.17. The molecular formula is C22H23N3O3S. The van der Waals surface area contributed by atoms with Crippen molar-refractivity contribution in [2.24, 2.45) is 0 Å². The number of carbonyl (C=O) groups is 2. The van der Waals surface area contributed by atoms with Gasteiger partial charge < -0.3 is 10.1 Å². The molecule has 0 aliphatic carbocycles. The minimum atomic E-state index is -0.569. The van der Waals surface area contributed by atoms with Crippen LogP contribution in [0.1, 0.15) is 41.7 Å². The molecule has 7 heteroatoms. The van der Waals surface area contributed by atoms with Crippen molar-refractivity contribution in [3.05, 3.63) is 64.8 Å². The van der Waals surface area contributed by atoms with Crippen LogP contribution in [-0.2, 0) is 14.9 Å². The summed E-state index contributed by atoms with van der Waals surface area (Å²) >= 11 is 1.20. The third-order valence-corrected chi connectivity index (χ3v) is 5.40. The number of benzene rings is 1. The fraction of sp³-hybridized carbons (Fsp3) is 0.273. The number of pyridine rings is 1. The number of hydrogen-bond acceptors (Lipinski definition) is 6. The van der Waals surface area contributed by atoms with E-state index in [0.717, 1.165) is 0 Å². The van der Waals surface area contributed by atoms with Crippen LogP contribution in [0, 0.1) is 6.92 Å². The molecule has 3 aromatic rings. The highest BCUT2D eigenvalue weighted by molar-refractivity contribution is 7.17. The minimum Gasteiger partial charge on any atom is -0.451 e. The molecule has 0 bridgehead atoms. The van der Waals surface area contributed by atoms with Gasteiger partial charge in [0.2, 0.25) is 0 Å². The summed E-state index contributed by atoms with van der Waals surface area (Å²) in [5, 5.41) is 3.37. The minimum absolute atomic E-state index is 0.0405. The van der Waals surface area contributed by atoms with E-state index in [0.29, 0.717) is 27.0 Å². The second-order valence-electron chi connectivity index (χ2n) is 7.60. The van der Waals surface area contributed by atoms with Gasteiger partial charge in [0, 0.05) is 11.9 Å². The lowest BCUT2D eigenvalue weighted by molar-refractivity contribution is -0.119. The number of hydrogen-bond donors (Lipinski definition) is 1. The van der Waals surface area contributed by atoms with Crippen molar-refractivity contribution in [1.82, 2.24) is 9.97 Å². The van der Waals surface area contributed by atoms with Crippen molar-refractivity contribution in [2.45, 2.75) is 33.1 Å². The first kappa shape index (κ1) is 20.7. The number of amides is 1. The Morgan fingerprint density at radius 2 is 1.83 bits per heavy atom. The first-order valence-corrected chi connectivity index (χ1v) is 10.0. The van der Waals surface area contributed by atoms with Gasteiger partial charge in [-0.2, -0.15) is 0 Å². The summed E-state index contributed by atoms with van der Waals surface area (Å²) in [5.41, 5.74) is 3.12. The second kappa shape index (κ2) is 8.53. The zero-order valence-electron chi connectivity index (χ0n) is 16.9. The van der Waals surface area contributed by atoms with Crippen LogP contribution in [0.5, 0.6) is 0 Å². The van der Waals surface area contributed by atoms with Crippen LogP contribution in [0.4, 0.5) is 5.69 Å². The summed E-state index contributed by atoms with van der Waals surface area (Å²) in [6.07, 6.45) is 1.67. The monoisotopic (exact) mass is 409 g/mol. The summed E-state index contributed by atoms with van der Waals surface area (Å²) in [5.74, 6) is -0.964. The molecular weight excluding hydrogens is 386 g/mol. The normalized spacial score (nSPS) is 11.2. The molecule has 0 aliphatic heterocycles. The van der Waals surface area contributed by atoms with E-state index < -0.39 is 11.9 Å². The molecule has 0 atom stereocenters. The average molecular weight is 410 g/mol. The van der Waals surface area contributed by atoms with Crippen LogP contribution in [-0.4, -0.2) is 28.5 Å². The predicted octanol–water partition coefficient (Wildman–Crippen LogP) is 4.61. The lowest BCUT2D eigenvalue weighted by atomic mass is 9.87. The third-order valence-electron chi connectivity index (χ3n) is 4.24. The molecule has 0 aliphatic rings. The number of rotatable bonds is 5. The number of thiazole rings is 1. The molecule has 29 heavy (non-hydrogen) atoms. The maximum atomic E-state index is 12.4. The number of aromatic nitrogens is 2. The van der Waals surface area contributed by atoms with Crippen LogP contribution in [0.15, 0.2) is 48.7 Å². The maximum Gasteiger partial charge on any atom is 0.350 e. The Kier molecular flexibility index (Phi) is 6.08. The van der Waals surface area contributed by atoms with Crippen LogP contribution in [0.3, 0.4) is 0 Å². The maximum absolute atomic E-state index is 12.4. The van der Waals surface area contributed by atoms with Crippen molar-refractivity contribution in [1.29, 1.82) is 0 Å². The Morgan fingerprint density at radius 3 is 2.45 bits per heavy atom. The number of nitrogens with one attached hydrogen (secondary N) is 1. The van der Waals surface area contributed by atoms with Gasteiger partial charge in [0.1, 0.15) is 9.88 Å². The zero-order chi connectivity index (χ0) is 21.0. The van der Waals surface area contributed by atoms with Crippen molar-refractivity contribution < 1.29 is 14.3 Å². The average Bonchev–Trinajstić information content (AvgIpc) is 3.08. The van der Waals surface area contributed by atoms with Crippen molar-refractivity contribution >= 4 is 28.9 Å². The van der Waals surface area contributed by atoms with Crippen molar-refractivity contribution in [3.8, 4) is 10.7 Å². The SMILES string of the molecule is Cc1nc(-c2ccccn2)sc1C(=O)OCC(=O)Nc1ccc(C(C)(C)C)cc1. The summed E-state index contributed by atoms with van der Waals surface area (Å²) in [6, 6.07) is 13.1. The van der Waals surface area contributed by atoms with Gasteiger partial charge in [0.25, 0.3) is 5.91 Å². The molecule has 1 aromatic carbocycles. The second-order valence-corrected chi connectivity index (χ2v) is 8.60. The molecule has 1 N–H and O–H groups in total. The zero-order valence-corrected chi connectivity index (χ0v) is 17.7. The number of ether oxygens (including phenoxy) is 1. The van der Waals surface area contributed by atoms with Gasteiger partial charge in [0.15, 0.2) is 6.61 Å². The van der Waals surface area contributed by atoms with E-state index >= 15 is 0 Å². The molecule has 150 valence electrons. The summed E-state index contributed by atoms with van der Waals surface area (Å²) in [4.78, 5) is 33.5. The van der Waals surface area contributed by atoms with Gasteiger partial charge in [-0.3, -0.25) is 9.78 Å². The largest absolute Gasteiger partial charge is 0.451 e. The highest BCUT2D eigenvalue weighted by Gasteiger charge is 2.19. The third kappa shape index (κ3) is 5.26. The Balaban J connectivity index is 1.58. The summed E-state index contributed by atoms with van der Waals surface area (Å²) in [7, 11) is 0. The van der Waals surface area contributed by atoms with E-state index in [-0.39, 0.29) is 12.0 Å². The number of esters is 1. The van der Waals surface area contributed by atoms with E-state index in [9.17, 15) is 9.59 Å². The number of anilines is 1. The molecule has 3 rings (SSSR count). The van der Waals surface area contributed by atoms with E-state index in [4.69, 9.17) is 4.74 Å². The summed E-state index contributed by atoms with van der Waals surface area (Å²) in [6.45, 7) is 7.74. The number of nitrogens with zero attached hydrogens (tertiary/aromatic N) is 2. The molecule has 0 fully saturated rings. The lowest BCUT2D eigenvalue weighted by Crippen LogP contribution is -2.21. The highest BCUT2D eigenvalue weighted by Crippen LogP contribution is 2.27. The highest BCUT2D eigenvalue weighted by atomic mass is 32.1. The molecule has 6 nitrogen and oxygen atoms in total. The van der Waals surface area contributed by atoms with Crippen LogP contribution in [0.2, 0.25) is 0 Å². The first-order valence-electron chi connectivity index (χ1n) is 9.20.